The smallest absolute Gasteiger partial charge is 0.242 e. The number of carbonyl (C=O) groups excluding carboxylic acids is 1. The molecule has 4 nitrogen and oxygen atoms in total. The Morgan fingerprint density at radius 1 is 1.00 bits per heavy atom. The van der Waals surface area contributed by atoms with Crippen molar-refractivity contribution in [3.63, 3.8) is 0 Å². The Balaban J connectivity index is 1.73. The number of halogens is 1. The van der Waals surface area contributed by atoms with E-state index in [1.54, 1.807) is 0 Å². The van der Waals surface area contributed by atoms with Gasteiger partial charge in [-0.2, -0.15) is 0 Å². The van der Waals surface area contributed by atoms with E-state index in [1.807, 2.05) is 58.0 Å². The van der Waals surface area contributed by atoms with Gasteiger partial charge in [-0.05, 0) is 37.1 Å². The van der Waals surface area contributed by atoms with Crippen molar-refractivity contribution in [2.45, 2.75) is 32.2 Å². The van der Waals surface area contributed by atoms with Crippen LogP contribution in [0.25, 0.3) is 22.4 Å². The normalized spacial score (nSPS) is 15.2. The summed E-state index contributed by atoms with van der Waals surface area (Å²) in [6, 6.07) is 15.6. The average molecular weight is 368 g/mol. The van der Waals surface area contributed by atoms with Gasteiger partial charge in [-0.3, -0.25) is 4.79 Å². The van der Waals surface area contributed by atoms with Gasteiger partial charge in [0.1, 0.15) is 12.4 Å². The zero-order valence-electron chi connectivity index (χ0n) is 14.7. The highest BCUT2D eigenvalue weighted by Gasteiger charge is 2.20. The van der Waals surface area contributed by atoms with Crippen LogP contribution in [0.3, 0.4) is 0 Å². The lowest BCUT2D eigenvalue weighted by molar-refractivity contribution is -0.131. The summed E-state index contributed by atoms with van der Waals surface area (Å²) in [6.07, 6.45) is 4.62. The van der Waals surface area contributed by atoms with Gasteiger partial charge in [0.2, 0.25) is 5.91 Å². The molecule has 0 atom stereocenters. The SMILES string of the molecule is O=C(Cn1c(-c2cccc(Cl)c2)nc2ccccc21)N1CCCCCC1. The van der Waals surface area contributed by atoms with Crippen LogP contribution in [0.2, 0.25) is 5.02 Å². The summed E-state index contributed by atoms with van der Waals surface area (Å²) in [5.74, 6) is 0.954. The minimum atomic E-state index is 0.165. The fourth-order valence-electron chi connectivity index (χ4n) is 3.64. The summed E-state index contributed by atoms with van der Waals surface area (Å²) >= 11 is 6.18. The average Bonchev–Trinajstić information content (AvgIpc) is 2.83. The number of amides is 1. The van der Waals surface area contributed by atoms with Crippen LogP contribution in [0, 0.1) is 0 Å². The van der Waals surface area contributed by atoms with Crippen molar-refractivity contribution in [3.05, 3.63) is 53.6 Å². The van der Waals surface area contributed by atoms with E-state index >= 15 is 0 Å². The molecule has 134 valence electrons. The second-order valence-corrected chi connectivity index (χ2v) is 7.25. The van der Waals surface area contributed by atoms with Gasteiger partial charge in [0.15, 0.2) is 0 Å². The molecule has 1 aliphatic heterocycles. The molecule has 5 heteroatoms. The maximum Gasteiger partial charge on any atom is 0.242 e. The first-order valence-electron chi connectivity index (χ1n) is 9.21. The molecule has 0 spiro atoms. The lowest BCUT2D eigenvalue weighted by Gasteiger charge is -2.21. The van der Waals surface area contributed by atoms with Crippen LogP contribution in [0.1, 0.15) is 25.7 Å². The van der Waals surface area contributed by atoms with E-state index in [4.69, 9.17) is 16.6 Å². The molecule has 4 rings (SSSR count). The summed E-state index contributed by atoms with van der Waals surface area (Å²) in [7, 11) is 0. The van der Waals surface area contributed by atoms with E-state index in [-0.39, 0.29) is 5.91 Å². The molecular formula is C21H22ClN3O. The number of hydrogen-bond acceptors (Lipinski definition) is 2. The number of aromatic nitrogens is 2. The molecule has 2 heterocycles. The molecule has 0 bridgehead atoms. The third-order valence-corrected chi connectivity index (χ3v) is 5.22. The van der Waals surface area contributed by atoms with Crippen LogP contribution < -0.4 is 0 Å². The first-order valence-corrected chi connectivity index (χ1v) is 9.59. The zero-order valence-corrected chi connectivity index (χ0v) is 15.5. The molecule has 1 saturated heterocycles. The molecule has 1 fully saturated rings. The van der Waals surface area contributed by atoms with Gasteiger partial charge in [-0.25, -0.2) is 4.98 Å². The van der Waals surface area contributed by atoms with Gasteiger partial charge in [-0.15, -0.1) is 0 Å². The number of benzene rings is 2. The minimum Gasteiger partial charge on any atom is -0.341 e. The maximum atomic E-state index is 13.0. The molecule has 1 aliphatic rings. The minimum absolute atomic E-state index is 0.165. The highest BCUT2D eigenvalue weighted by atomic mass is 35.5. The van der Waals surface area contributed by atoms with E-state index < -0.39 is 0 Å². The van der Waals surface area contributed by atoms with Gasteiger partial charge in [0.25, 0.3) is 0 Å². The van der Waals surface area contributed by atoms with Crippen molar-refractivity contribution in [2.75, 3.05) is 13.1 Å². The molecule has 1 amide bonds. The van der Waals surface area contributed by atoms with Crippen LogP contribution in [0.5, 0.6) is 0 Å². The van der Waals surface area contributed by atoms with Crippen LogP contribution in [0.4, 0.5) is 0 Å². The molecule has 3 aromatic rings. The van der Waals surface area contributed by atoms with Crippen molar-refractivity contribution >= 4 is 28.5 Å². The quantitative estimate of drug-likeness (QED) is 0.669. The molecular weight excluding hydrogens is 346 g/mol. The molecule has 0 radical (unpaired) electrons. The van der Waals surface area contributed by atoms with E-state index in [1.165, 1.54) is 12.8 Å². The molecule has 1 aromatic heterocycles. The number of nitrogens with zero attached hydrogens (tertiary/aromatic N) is 3. The molecule has 0 aliphatic carbocycles. The molecule has 26 heavy (non-hydrogen) atoms. The summed E-state index contributed by atoms with van der Waals surface area (Å²) in [4.78, 5) is 19.7. The van der Waals surface area contributed by atoms with Crippen molar-refractivity contribution in [2.24, 2.45) is 0 Å². The van der Waals surface area contributed by atoms with Crippen LogP contribution >= 0.6 is 11.6 Å². The number of hydrogen-bond donors (Lipinski definition) is 0. The predicted octanol–water partition coefficient (Wildman–Crippen LogP) is 4.76. The van der Waals surface area contributed by atoms with Crippen molar-refractivity contribution in [3.8, 4) is 11.4 Å². The highest BCUT2D eigenvalue weighted by molar-refractivity contribution is 6.30. The Labute approximate surface area is 158 Å². The van der Waals surface area contributed by atoms with Gasteiger partial charge in [-0.1, -0.05) is 48.7 Å². The fraction of sp³-hybridized carbons (Fsp3) is 0.333. The number of imidazole rings is 1. The van der Waals surface area contributed by atoms with Gasteiger partial charge < -0.3 is 9.47 Å². The lowest BCUT2D eigenvalue weighted by atomic mass is 10.2. The van der Waals surface area contributed by atoms with Crippen molar-refractivity contribution < 1.29 is 4.79 Å². The van der Waals surface area contributed by atoms with Gasteiger partial charge >= 0.3 is 0 Å². The van der Waals surface area contributed by atoms with Gasteiger partial charge in [0, 0.05) is 23.7 Å². The number of likely N-dealkylation sites (tertiary alicyclic amines) is 1. The summed E-state index contributed by atoms with van der Waals surface area (Å²) in [5.41, 5.74) is 2.80. The Hall–Kier alpha value is -2.33. The number of fused-ring (bicyclic) bond motifs is 1. The van der Waals surface area contributed by atoms with E-state index in [0.717, 1.165) is 48.4 Å². The topological polar surface area (TPSA) is 38.1 Å². The Bertz CT molecular complexity index is 926. The first kappa shape index (κ1) is 17.1. The van der Waals surface area contributed by atoms with Crippen LogP contribution in [-0.2, 0) is 11.3 Å². The molecule has 2 aromatic carbocycles. The number of para-hydroxylation sites is 2. The molecule has 0 unspecified atom stereocenters. The van der Waals surface area contributed by atoms with Crippen LogP contribution in [0.15, 0.2) is 48.5 Å². The Morgan fingerprint density at radius 3 is 2.54 bits per heavy atom. The second-order valence-electron chi connectivity index (χ2n) is 6.82. The Kier molecular flexibility index (Phi) is 4.93. The summed E-state index contributed by atoms with van der Waals surface area (Å²) < 4.78 is 2.02. The third-order valence-electron chi connectivity index (χ3n) is 4.99. The zero-order chi connectivity index (χ0) is 17.9. The van der Waals surface area contributed by atoms with Crippen molar-refractivity contribution in [1.82, 2.24) is 14.5 Å². The summed E-state index contributed by atoms with van der Waals surface area (Å²) in [5, 5.41) is 0.667. The summed E-state index contributed by atoms with van der Waals surface area (Å²) in [6.45, 7) is 2.03. The largest absolute Gasteiger partial charge is 0.341 e. The third kappa shape index (κ3) is 3.47. The monoisotopic (exact) mass is 367 g/mol. The van der Waals surface area contributed by atoms with E-state index in [2.05, 4.69) is 0 Å². The number of rotatable bonds is 3. The Morgan fingerprint density at radius 2 is 1.77 bits per heavy atom. The van der Waals surface area contributed by atoms with Gasteiger partial charge in [0.05, 0.1) is 11.0 Å². The maximum absolute atomic E-state index is 13.0. The van der Waals surface area contributed by atoms with Crippen LogP contribution in [-0.4, -0.2) is 33.4 Å². The molecule has 0 saturated carbocycles. The number of carbonyl (C=O) groups is 1. The standard InChI is InChI=1S/C21H22ClN3O/c22-17-9-7-8-16(14-17)21-23-18-10-3-4-11-19(18)25(21)15-20(26)24-12-5-1-2-6-13-24/h3-4,7-11,14H,1-2,5-6,12-13,15H2. The second kappa shape index (κ2) is 7.50. The fourth-order valence-corrected chi connectivity index (χ4v) is 3.83. The van der Waals surface area contributed by atoms with Crippen molar-refractivity contribution in [1.29, 1.82) is 0 Å². The highest BCUT2D eigenvalue weighted by Crippen LogP contribution is 2.27. The first-order chi connectivity index (χ1) is 12.7. The molecule has 0 N–H and O–H groups in total. The van der Waals surface area contributed by atoms with E-state index in [9.17, 15) is 4.79 Å². The predicted molar refractivity (Wildman–Crippen MR) is 105 cm³/mol. The van der Waals surface area contributed by atoms with E-state index in [0.29, 0.717) is 11.6 Å². The lowest BCUT2D eigenvalue weighted by Crippen LogP contribution is -2.34.